The van der Waals surface area contributed by atoms with E-state index in [0.29, 0.717) is 32.3 Å². The predicted octanol–water partition coefficient (Wildman–Crippen LogP) is 1.13. The second-order valence-corrected chi connectivity index (χ2v) is 3.09. The highest BCUT2D eigenvalue weighted by Gasteiger charge is 2.08. The third kappa shape index (κ3) is 6.90. The topological polar surface area (TPSA) is 55.8 Å². The molecule has 1 amide bonds. The number of nitrogens with zero attached hydrogens (tertiary/aromatic N) is 1. The summed E-state index contributed by atoms with van der Waals surface area (Å²) in [5.74, 6) is -0.286. The van der Waals surface area contributed by atoms with Crippen LogP contribution in [0.1, 0.15) is 32.6 Å². The van der Waals surface area contributed by atoms with E-state index in [9.17, 15) is 9.59 Å². The van der Waals surface area contributed by atoms with Crippen molar-refractivity contribution in [2.45, 2.75) is 32.6 Å². The monoisotopic (exact) mass is 217 g/mol. The van der Waals surface area contributed by atoms with E-state index in [1.807, 2.05) is 0 Å². The SMILES string of the molecule is CCOC(=O)CCCCC(=O)N(C)OC. The first kappa shape index (κ1) is 13.9. The average Bonchev–Trinajstić information content (AvgIpc) is 2.23. The van der Waals surface area contributed by atoms with Crippen molar-refractivity contribution in [3.63, 3.8) is 0 Å². The Morgan fingerprint density at radius 2 is 1.80 bits per heavy atom. The van der Waals surface area contributed by atoms with E-state index in [0.717, 1.165) is 0 Å². The van der Waals surface area contributed by atoms with Gasteiger partial charge in [-0.3, -0.25) is 14.4 Å². The van der Waals surface area contributed by atoms with E-state index >= 15 is 0 Å². The van der Waals surface area contributed by atoms with Gasteiger partial charge in [0, 0.05) is 19.9 Å². The lowest BCUT2D eigenvalue weighted by Crippen LogP contribution is -2.24. The second-order valence-electron chi connectivity index (χ2n) is 3.09. The average molecular weight is 217 g/mol. The maximum Gasteiger partial charge on any atom is 0.305 e. The van der Waals surface area contributed by atoms with Crippen molar-refractivity contribution in [3.05, 3.63) is 0 Å². The van der Waals surface area contributed by atoms with Crippen LogP contribution in [-0.2, 0) is 19.2 Å². The molecule has 88 valence electrons. The minimum Gasteiger partial charge on any atom is -0.466 e. The summed E-state index contributed by atoms with van der Waals surface area (Å²) < 4.78 is 4.76. The molecule has 0 saturated carbocycles. The van der Waals surface area contributed by atoms with Gasteiger partial charge in [-0.2, -0.15) is 0 Å². The van der Waals surface area contributed by atoms with Gasteiger partial charge in [0.1, 0.15) is 0 Å². The first-order valence-corrected chi connectivity index (χ1v) is 5.08. The normalized spacial score (nSPS) is 9.80. The molecule has 5 heteroatoms. The van der Waals surface area contributed by atoms with Crippen LogP contribution in [0.3, 0.4) is 0 Å². The highest BCUT2D eigenvalue weighted by molar-refractivity contribution is 5.74. The number of ether oxygens (including phenoxy) is 1. The molecular formula is C10H19NO4. The van der Waals surface area contributed by atoms with Crippen molar-refractivity contribution in [1.82, 2.24) is 5.06 Å². The zero-order chi connectivity index (χ0) is 11.7. The molecule has 0 fully saturated rings. The Morgan fingerprint density at radius 1 is 1.20 bits per heavy atom. The van der Waals surface area contributed by atoms with Crippen LogP contribution in [0.2, 0.25) is 0 Å². The van der Waals surface area contributed by atoms with Crippen molar-refractivity contribution < 1.29 is 19.2 Å². The Labute approximate surface area is 90.3 Å². The minimum absolute atomic E-state index is 0.0821. The third-order valence-electron chi connectivity index (χ3n) is 1.95. The molecule has 0 rings (SSSR count). The third-order valence-corrected chi connectivity index (χ3v) is 1.95. The van der Waals surface area contributed by atoms with E-state index in [1.54, 1.807) is 14.0 Å². The van der Waals surface area contributed by atoms with Crippen LogP contribution < -0.4 is 0 Å². The molecule has 0 aromatic rings. The molecule has 0 aliphatic heterocycles. The molecule has 0 aliphatic rings. The number of unbranched alkanes of at least 4 members (excludes halogenated alkanes) is 1. The summed E-state index contributed by atoms with van der Waals surface area (Å²) in [6, 6.07) is 0. The molecule has 15 heavy (non-hydrogen) atoms. The molecule has 0 aromatic heterocycles. The standard InChI is InChI=1S/C10H19NO4/c1-4-15-10(13)8-6-5-7-9(12)11(2)14-3/h4-8H2,1-3H3. The van der Waals surface area contributed by atoms with Crippen molar-refractivity contribution in [2.24, 2.45) is 0 Å². The Morgan fingerprint density at radius 3 is 2.33 bits per heavy atom. The first-order valence-electron chi connectivity index (χ1n) is 5.08. The number of hydroxylamine groups is 2. The van der Waals surface area contributed by atoms with Gasteiger partial charge < -0.3 is 4.74 Å². The minimum atomic E-state index is -0.204. The van der Waals surface area contributed by atoms with Gasteiger partial charge in [-0.1, -0.05) is 0 Å². The first-order chi connectivity index (χ1) is 7.11. The predicted molar refractivity (Wildman–Crippen MR) is 54.9 cm³/mol. The highest BCUT2D eigenvalue weighted by atomic mass is 16.7. The van der Waals surface area contributed by atoms with Crippen molar-refractivity contribution in [3.8, 4) is 0 Å². The number of hydrogen-bond donors (Lipinski definition) is 0. The summed E-state index contributed by atoms with van der Waals surface area (Å²) in [5.41, 5.74) is 0. The van der Waals surface area contributed by atoms with Gasteiger partial charge in [-0.05, 0) is 19.8 Å². The molecule has 0 heterocycles. The van der Waals surface area contributed by atoms with Crippen molar-refractivity contribution >= 4 is 11.9 Å². The van der Waals surface area contributed by atoms with Crippen LogP contribution in [0.4, 0.5) is 0 Å². The van der Waals surface area contributed by atoms with Crippen LogP contribution in [0, 0.1) is 0 Å². The highest BCUT2D eigenvalue weighted by Crippen LogP contribution is 2.03. The van der Waals surface area contributed by atoms with Gasteiger partial charge in [0.05, 0.1) is 13.7 Å². The number of carbonyl (C=O) groups excluding carboxylic acids is 2. The fourth-order valence-corrected chi connectivity index (χ4v) is 1.04. The van der Waals surface area contributed by atoms with Gasteiger partial charge in [-0.25, -0.2) is 5.06 Å². The number of esters is 1. The maximum absolute atomic E-state index is 11.2. The molecule has 0 radical (unpaired) electrons. The lowest BCUT2D eigenvalue weighted by atomic mass is 10.2. The fourth-order valence-electron chi connectivity index (χ4n) is 1.04. The quantitative estimate of drug-likeness (QED) is 0.364. The van der Waals surface area contributed by atoms with E-state index in [1.165, 1.54) is 12.2 Å². The zero-order valence-corrected chi connectivity index (χ0v) is 9.62. The molecule has 5 nitrogen and oxygen atoms in total. The summed E-state index contributed by atoms with van der Waals surface area (Å²) in [4.78, 5) is 26.9. The molecule has 0 unspecified atom stereocenters. The van der Waals surface area contributed by atoms with Gasteiger partial charge in [0.25, 0.3) is 0 Å². The van der Waals surface area contributed by atoms with Crippen molar-refractivity contribution in [2.75, 3.05) is 20.8 Å². The van der Waals surface area contributed by atoms with Gasteiger partial charge >= 0.3 is 5.97 Å². The molecule has 0 aromatic carbocycles. The van der Waals surface area contributed by atoms with E-state index in [2.05, 4.69) is 0 Å². The molecule has 0 spiro atoms. The van der Waals surface area contributed by atoms with Gasteiger partial charge in [0.15, 0.2) is 0 Å². The lowest BCUT2D eigenvalue weighted by molar-refractivity contribution is -0.168. The zero-order valence-electron chi connectivity index (χ0n) is 9.62. The summed E-state index contributed by atoms with van der Waals surface area (Å²) in [7, 11) is 3.00. The van der Waals surface area contributed by atoms with Crippen LogP contribution in [0.25, 0.3) is 0 Å². The van der Waals surface area contributed by atoms with E-state index in [-0.39, 0.29) is 11.9 Å². The Balaban J connectivity index is 3.46. The van der Waals surface area contributed by atoms with Crippen molar-refractivity contribution in [1.29, 1.82) is 0 Å². The van der Waals surface area contributed by atoms with E-state index in [4.69, 9.17) is 9.57 Å². The largest absolute Gasteiger partial charge is 0.466 e. The number of carbonyl (C=O) groups is 2. The Kier molecular flexibility index (Phi) is 7.62. The van der Waals surface area contributed by atoms with Crippen LogP contribution in [-0.4, -0.2) is 37.7 Å². The summed E-state index contributed by atoms with van der Waals surface area (Å²) in [5, 5.41) is 1.18. The number of amides is 1. The van der Waals surface area contributed by atoms with Crippen LogP contribution in [0.5, 0.6) is 0 Å². The van der Waals surface area contributed by atoms with Gasteiger partial charge in [-0.15, -0.1) is 0 Å². The number of hydrogen-bond acceptors (Lipinski definition) is 4. The summed E-state index contributed by atoms with van der Waals surface area (Å²) in [6.45, 7) is 2.18. The summed E-state index contributed by atoms with van der Waals surface area (Å²) in [6.07, 6.45) is 2.11. The van der Waals surface area contributed by atoms with Gasteiger partial charge in [0.2, 0.25) is 5.91 Å². The summed E-state index contributed by atoms with van der Waals surface area (Å²) >= 11 is 0. The van der Waals surface area contributed by atoms with Crippen LogP contribution in [0.15, 0.2) is 0 Å². The Hall–Kier alpha value is -1.10. The molecule has 0 bridgehead atoms. The molecule has 0 saturated heterocycles. The fraction of sp³-hybridized carbons (Fsp3) is 0.800. The molecule has 0 N–H and O–H groups in total. The molecule has 0 atom stereocenters. The molecule has 0 aliphatic carbocycles. The smallest absolute Gasteiger partial charge is 0.305 e. The lowest BCUT2D eigenvalue weighted by Gasteiger charge is -2.12. The molecular weight excluding hydrogens is 198 g/mol. The van der Waals surface area contributed by atoms with Crippen LogP contribution >= 0.6 is 0 Å². The maximum atomic E-state index is 11.2. The Bertz CT molecular complexity index is 206. The second kappa shape index (κ2) is 8.23. The number of rotatable bonds is 7. The van der Waals surface area contributed by atoms with E-state index < -0.39 is 0 Å².